The second-order valence-electron chi connectivity index (χ2n) is 11.9. The summed E-state index contributed by atoms with van der Waals surface area (Å²) in [5.41, 5.74) is 7.32. The Morgan fingerprint density at radius 3 is 0.868 bits per heavy atom. The minimum absolute atomic E-state index is 0.463. The van der Waals surface area contributed by atoms with Crippen molar-refractivity contribution >= 4 is 16.1 Å². The summed E-state index contributed by atoms with van der Waals surface area (Å²) in [4.78, 5) is 0. The molecule has 0 aromatic carbocycles. The zero-order valence-electron chi connectivity index (χ0n) is 26.4. The Bertz CT molecular complexity index is 995. The minimum atomic E-state index is -2.02. The van der Waals surface area contributed by atoms with Gasteiger partial charge in [0.2, 0.25) is 0 Å². The highest BCUT2D eigenvalue weighted by Gasteiger charge is 2.43. The average molecular weight is 547 g/mol. The monoisotopic (exact) mass is 546 g/mol. The van der Waals surface area contributed by atoms with Crippen LogP contribution in [0.3, 0.4) is 0 Å². The normalized spacial score (nSPS) is 14.7. The third kappa shape index (κ3) is 7.64. The van der Waals surface area contributed by atoms with Crippen LogP contribution >= 0.6 is 0 Å². The summed E-state index contributed by atoms with van der Waals surface area (Å²) < 4.78 is 11.3. The van der Waals surface area contributed by atoms with Gasteiger partial charge in [-0.2, -0.15) is 0 Å². The van der Waals surface area contributed by atoms with Crippen molar-refractivity contribution in [3.63, 3.8) is 0 Å². The molecule has 0 aromatic heterocycles. The molecule has 0 aliphatic carbocycles. The Labute approximate surface area is 238 Å². The van der Waals surface area contributed by atoms with Crippen LogP contribution in [0.15, 0.2) is 0 Å². The van der Waals surface area contributed by atoms with Gasteiger partial charge < -0.3 is 9.47 Å². The summed E-state index contributed by atoms with van der Waals surface area (Å²) in [5, 5.41) is 0. The molecule has 2 atom stereocenters. The maximum absolute atomic E-state index is 5.89. The number of terminal acetylenes is 2. The summed E-state index contributed by atoms with van der Waals surface area (Å²) in [6, 6.07) is 0. The van der Waals surface area contributed by atoms with E-state index in [9.17, 15) is 0 Å². The van der Waals surface area contributed by atoms with Crippen LogP contribution in [0.5, 0.6) is 0 Å². The minimum Gasteiger partial charge on any atom is -0.345 e. The van der Waals surface area contributed by atoms with Gasteiger partial charge in [0.1, 0.15) is 16.1 Å². The number of methoxy groups -OCH3 is 2. The van der Waals surface area contributed by atoms with Gasteiger partial charge in [0, 0.05) is 14.2 Å². The molecule has 0 rings (SSSR count). The van der Waals surface area contributed by atoms with E-state index in [1.807, 2.05) is 0 Å². The molecule has 0 saturated carbocycles. The van der Waals surface area contributed by atoms with E-state index in [1.165, 1.54) is 14.2 Å². The van der Waals surface area contributed by atoms with E-state index in [-0.39, 0.29) is 0 Å². The molecule has 0 heterocycles. The van der Waals surface area contributed by atoms with E-state index in [1.54, 1.807) is 0 Å². The lowest BCUT2D eigenvalue weighted by molar-refractivity contribution is 0.138. The number of ether oxygens (including phenoxy) is 2. The Morgan fingerprint density at radius 2 is 0.711 bits per heavy atom. The number of hydrogen-bond acceptors (Lipinski definition) is 2. The van der Waals surface area contributed by atoms with Gasteiger partial charge in [0.15, 0.2) is 0 Å². The topological polar surface area (TPSA) is 18.5 Å². The fraction of sp³-hybridized carbons (Fsp3) is 0.647. The van der Waals surface area contributed by atoms with E-state index in [2.05, 4.69) is 142 Å². The molecular weight excluding hydrogens is 497 g/mol. The largest absolute Gasteiger partial charge is 0.345 e. The van der Waals surface area contributed by atoms with Crippen molar-refractivity contribution in [2.45, 2.75) is 128 Å². The van der Waals surface area contributed by atoms with E-state index in [0.29, 0.717) is 33.2 Å². The Balaban J connectivity index is 6.78. The quantitative estimate of drug-likeness (QED) is 0.232. The van der Waals surface area contributed by atoms with E-state index in [0.717, 1.165) is 0 Å². The molecule has 0 amide bonds. The Kier molecular flexibility index (Phi) is 13.9. The molecule has 0 N–H and O–H groups in total. The molecule has 4 heteroatoms. The first-order valence-electron chi connectivity index (χ1n) is 13.7. The molecule has 0 bridgehead atoms. The maximum atomic E-state index is 5.89. The second-order valence-corrected chi connectivity index (χ2v) is 23.0. The van der Waals surface area contributed by atoms with Crippen molar-refractivity contribution in [2.75, 3.05) is 14.2 Å². The van der Waals surface area contributed by atoms with Crippen LogP contribution < -0.4 is 0 Å². The molecule has 0 aliphatic heterocycles. The van der Waals surface area contributed by atoms with Crippen molar-refractivity contribution in [1.82, 2.24) is 0 Å². The third-order valence-corrected chi connectivity index (χ3v) is 20.8. The van der Waals surface area contributed by atoms with Gasteiger partial charge in [-0.1, -0.05) is 83.1 Å². The zero-order chi connectivity index (χ0) is 29.9. The maximum Gasteiger partial charge on any atom is 0.253 e. The van der Waals surface area contributed by atoms with Crippen LogP contribution in [0.1, 0.15) is 83.1 Å². The molecule has 0 aromatic rings. The molecule has 0 spiro atoms. The van der Waals surface area contributed by atoms with Gasteiger partial charge in [-0.25, -0.2) is 0 Å². The summed E-state index contributed by atoms with van der Waals surface area (Å²) in [6.07, 6.45) is 11.8. The van der Waals surface area contributed by atoms with E-state index in [4.69, 9.17) is 22.3 Å². The van der Waals surface area contributed by atoms with Gasteiger partial charge in [0.25, 0.3) is 11.2 Å². The third-order valence-electron chi connectivity index (χ3n) is 8.20. The van der Waals surface area contributed by atoms with Crippen LogP contribution in [0.4, 0.5) is 0 Å². The SMILES string of the molecule is C#CC(C#CC#CC(C#C)(C#C[Si](C(C)C)(C(C)C)C(C)C)OC)(C#C[Si](C(C)C)(C(C)C)C(C)C)OC. The molecule has 0 aliphatic rings. The summed E-state index contributed by atoms with van der Waals surface area (Å²) in [6.45, 7) is 27.0. The predicted molar refractivity (Wildman–Crippen MR) is 170 cm³/mol. The molecule has 38 heavy (non-hydrogen) atoms. The molecule has 0 radical (unpaired) electrons. The number of hydrogen-bond donors (Lipinski definition) is 0. The standard InChI is InChI=1S/C34H50O2Si2/c1-17-33(35-15,23-25-37(27(3)4,28(5)6)29(7)8)21-19-20-22-34(18-2,36-16)24-26-38(30(9)10,31(11)12)32(13)14/h1-2,27-32H,3-16H3. The summed E-state index contributed by atoms with van der Waals surface area (Å²) in [5.74, 6) is 23.4. The lowest BCUT2D eigenvalue weighted by Crippen LogP contribution is -2.44. The van der Waals surface area contributed by atoms with Crippen molar-refractivity contribution < 1.29 is 9.47 Å². The Hall–Kier alpha value is -2.29. The number of rotatable bonds is 8. The van der Waals surface area contributed by atoms with Gasteiger partial charge in [0.05, 0.1) is 0 Å². The fourth-order valence-corrected chi connectivity index (χ4v) is 16.5. The first kappa shape index (κ1) is 35.7. The van der Waals surface area contributed by atoms with Gasteiger partial charge in [-0.05, 0) is 80.6 Å². The average Bonchev–Trinajstić information content (AvgIpc) is 2.83. The summed E-state index contributed by atoms with van der Waals surface area (Å²) >= 11 is 0. The van der Waals surface area contributed by atoms with Crippen LogP contribution in [-0.2, 0) is 9.47 Å². The van der Waals surface area contributed by atoms with Gasteiger partial charge in [-0.15, -0.1) is 23.9 Å². The molecule has 0 fully saturated rings. The van der Waals surface area contributed by atoms with E-state index < -0.39 is 27.3 Å². The molecule has 2 nitrogen and oxygen atoms in total. The first-order valence-corrected chi connectivity index (χ1v) is 18.2. The molecule has 206 valence electrons. The first-order chi connectivity index (χ1) is 17.5. The van der Waals surface area contributed by atoms with Crippen molar-refractivity contribution in [2.24, 2.45) is 0 Å². The highest BCUT2D eigenvalue weighted by atomic mass is 28.3. The molecular formula is C34H50O2Si2. The van der Waals surface area contributed by atoms with Crippen molar-refractivity contribution in [3.05, 3.63) is 0 Å². The van der Waals surface area contributed by atoms with Crippen LogP contribution in [0.25, 0.3) is 0 Å². The fourth-order valence-electron chi connectivity index (χ4n) is 6.03. The predicted octanol–water partition coefficient (Wildman–Crippen LogP) is 7.47. The van der Waals surface area contributed by atoms with Crippen molar-refractivity contribution in [3.8, 4) is 71.3 Å². The second kappa shape index (κ2) is 14.8. The smallest absolute Gasteiger partial charge is 0.253 e. The lowest BCUT2D eigenvalue weighted by atomic mass is 10.1. The van der Waals surface area contributed by atoms with Gasteiger partial charge >= 0.3 is 0 Å². The zero-order valence-corrected chi connectivity index (χ0v) is 28.4. The Morgan fingerprint density at radius 1 is 0.474 bits per heavy atom. The molecule has 0 saturated heterocycles. The van der Waals surface area contributed by atoms with E-state index >= 15 is 0 Å². The van der Waals surface area contributed by atoms with Crippen LogP contribution in [0.2, 0.25) is 33.2 Å². The van der Waals surface area contributed by atoms with Crippen molar-refractivity contribution in [1.29, 1.82) is 0 Å². The lowest BCUT2D eigenvalue weighted by Gasteiger charge is -2.38. The molecule has 2 unspecified atom stereocenters. The van der Waals surface area contributed by atoms with Gasteiger partial charge in [-0.3, -0.25) is 0 Å². The highest BCUT2D eigenvalue weighted by molar-refractivity contribution is 6.91. The summed E-state index contributed by atoms with van der Waals surface area (Å²) in [7, 11) is -0.978. The van der Waals surface area contributed by atoms with Crippen LogP contribution in [-0.4, -0.2) is 41.6 Å². The highest BCUT2D eigenvalue weighted by Crippen LogP contribution is 2.42. The van der Waals surface area contributed by atoms with Crippen LogP contribution in [0, 0.1) is 71.3 Å².